The first kappa shape index (κ1) is 13.8. The minimum atomic E-state index is 0.214. The highest BCUT2D eigenvalue weighted by Crippen LogP contribution is 2.36. The Morgan fingerprint density at radius 3 is 2.94 bits per heavy atom. The van der Waals surface area contributed by atoms with Gasteiger partial charge in [-0.3, -0.25) is 0 Å². The van der Waals surface area contributed by atoms with E-state index in [0.29, 0.717) is 5.25 Å². The molecule has 0 amide bonds. The number of hydrogen-bond acceptors (Lipinski definition) is 4. The van der Waals surface area contributed by atoms with Gasteiger partial charge in [0.05, 0.1) is 5.25 Å². The molecule has 18 heavy (non-hydrogen) atoms. The topological polar surface area (TPSA) is 51.8 Å². The number of nitrogens with two attached hydrogens (primary N) is 1. The molecule has 1 saturated heterocycles. The number of hydrogen-bond donors (Lipinski definition) is 1. The Morgan fingerprint density at radius 1 is 1.44 bits per heavy atom. The monoisotopic (exact) mass is 265 g/mol. The van der Waals surface area contributed by atoms with Crippen molar-refractivity contribution in [3.05, 3.63) is 23.3 Å². The Kier molecular flexibility index (Phi) is 5.01. The Hall–Kier alpha value is -0.610. The molecule has 2 unspecified atom stereocenters. The van der Waals surface area contributed by atoms with Gasteiger partial charge in [-0.15, -0.1) is 0 Å². The molecule has 0 bridgehead atoms. The Morgan fingerprint density at radius 2 is 2.28 bits per heavy atom. The van der Waals surface area contributed by atoms with E-state index in [2.05, 4.69) is 24.9 Å². The van der Waals surface area contributed by atoms with Crippen molar-refractivity contribution in [3.63, 3.8) is 0 Å². The number of rotatable bonds is 4. The average Bonchev–Trinajstić information content (AvgIpc) is 2.39. The smallest absolute Gasteiger partial charge is 0.141 e. The Labute approximate surface area is 114 Å². The van der Waals surface area contributed by atoms with Gasteiger partial charge in [0.1, 0.15) is 5.82 Å². The molecule has 1 aliphatic rings. The molecule has 2 rings (SSSR count). The van der Waals surface area contributed by atoms with Gasteiger partial charge in [-0.1, -0.05) is 13.3 Å². The van der Waals surface area contributed by atoms with Crippen molar-refractivity contribution in [2.24, 2.45) is 5.73 Å². The first-order valence-corrected chi connectivity index (χ1v) is 7.95. The zero-order chi connectivity index (χ0) is 13.0. The van der Waals surface area contributed by atoms with Crippen LogP contribution in [0.3, 0.4) is 0 Å². The molecule has 4 heteroatoms. The Balaban J connectivity index is 2.14. The summed E-state index contributed by atoms with van der Waals surface area (Å²) in [5.74, 6) is 2.27. The molecule has 100 valence electrons. The highest BCUT2D eigenvalue weighted by molar-refractivity contribution is 7.99. The third kappa shape index (κ3) is 3.69. The van der Waals surface area contributed by atoms with Crippen LogP contribution in [-0.4, -0.2) is 21.8 Å². The molecule has 0 radical (unpaired) electrons. The van der Waals surface area contributed by atoms with Gasteiger partial charge in [0.25, 0.3) is 0 Å². The third-order valence-electron chi connectivity index (χ3n) is 3.39. The molecular formula is C14H23N3S. The number of nitrogens with zero attached hydrogens (tertiary/aromatic N) is 2. The van der Waals surface area contributed by atoms with E-state index in [1.54, 1.807) is 0 Å². The van der Waals surface area contributed by atoms with Crippen molar-refractivity contribution in [3.8, 4) is 0 Å². The summed E-state index contributed by atoms with van der Waals surface area (Å²) < 4.78 is 0. The maximum atomic E-state index is 6.02. The number of aromatic nitrogens is 2. The summed E-state index contributed by atoms with van der Waals surface area (Å²) in [4.78, 5) is 9.35. The summed E-state index contributed by atoms with van der Waals surface area (Å²) >= 11 is 2.00. The molecule has 0 spiro atoms. The van der Waals surface area contributed by atoms with Crippen molar-refractivity contribution in [2.45, 2.75) is 57.2 Å². The van der Waals surface area contributed by atoms with Crippen LogP contribution in [0.5, 0.6) is 0 Å². The summed E-state index contributed by atoms with van der Waals surface area (Å²) in [6.45, 7) is 4.18. The second-order valence-electron chi connectivity index (χ2n) is 5.09. The predicted octanol–water partition coefficient (Wildman–Crippen LogP) is 3.02. The lowest BCUT2D eigenvalue weighted by Gasteiger charge is -2.21. The maximum Gasteiger partial charge on any atom is 0.141 e. The number of thioether (sulfide) groups is 1. The van der Waals surface area contributed by atoms with Crippen LogP contribution in [0.15, 0.2) is 6.07 Å². The van der Waals surface area contributed by atoms with Gasteiger partial charge < -0.3 is 5.73 Å². The fraction of sp³-hybridized carbons (Fsp3) is 0.714. The first-order chi connectivity index (χ1) is 8.69. The molecule has 0 aliphatic carbocycles. The molecular weight excluding hydrogens is 242 g/mol. The molecule has 0 aromatic carbocycles. The number of aryl methyl sites for hydroxylation is 1. The molecule has 0 saturated carbocycles. The van der Waals surface area contributed by atoms with Gasteiger partial charge in [0.15, 0.2) is 0 Å². The summed E-state index contributed by atoms with van der Waals surface area (Å²) in [5.41, 5.74) is 8.20. The van der Waals surface area contributed by atoms with E-state index in [1.807, 2.05) is 11.8 Å². The molecule has 1 aliphatic heterocycles. The largest absolute Gasteiger partial charge is 0.327 e. The maximum absolute atomic E-state index is 6.02. The van der Waals surface area contributed by atoms with Crippen LogP contribution in [0.4, 0.5) is 0 Å². The van der Waals surface area contributed by atoms with Crippen LogP contribution >= 0.6 is 11.8 Å². The van der Waals surface area contributed by atoms with E-state index >= 15 is 0 Å². The molecule has 3 nitrogen and oxygen atoms in total. The van der Waals surface area contributed by atoms with Gasteiger partial charge >= 0.3 is 0 Å². The fourth-order valence-electron chi connectivity index (χ4n) is 2.26. The van der Waals surface area contributed by atoms with E-state index < -0.39 is 0 Å². The second kappa shape index (κ2) is 6.53. The molecule has 2 N–H and O–H groups in total. The van der Waals surface area contributed by atoms with Crippen molar-refractivity contribution >= 4 is 11.8 Å². The lowest BCUT2D eigenvalue weighted by Crippen LogP contribution is -2.22. The summed E-state index contributed by atoms with van der Waals surface area (Å²) in [5, 5.41) is 0.496. The highest BCUT2D eigenvalue weighted by Gasteiger charge is 2.19. The minimum Gasteiger partial charge on any atom is -0.327 e. The fourth-order valence-corrected chi connectivity index (χ4v) is 3.51. The van der Waals surface area contributed by atoms with Gasteiger partial charge in [-0.25, -0.2) is 9.97 Å². The van der Waals surface area contributed by atoms with Gasteiger partial charge in [0.2, 0.25) is 0 Å². The van der Waals surface area contributed by atoms with Crippen LogP contribution in [0, 0.1) is 6.92 Å². The minimum absolute atomic E-state index is 0.214. The van der Waals surface area contributed by atoms with Gasteiger partial charge in [0, 0.05) is 23.9 Å². The third-order valence-corrected chi connectivity index (χ3v) is 4.76. The molecule has 2 heterocycles. The standard InChI is InChI=1S/C14H23N3S/c1-3-11(15)9-12-8-10(2)16-14(17-12)13-6-4-5-7-18-13/h8,11,13H,3-7,9,15H2,1-2H3. The van der Waals surface area contributed by atoms with Gasteiger partial charge in [-0.05, 0) is 38.0 Å². The molecule has 1 fully saturated rings. The Bertz CT molecular complexity index is 389. The predicted molar refractivity (Wildman–Crippen MR) is 77.8 cm³/mol. The van der Waals surface area contributed by atoms with E-state index in [-0.39, 0.29) is 6.04 Å². The van der Waals surface area contributed by atoms with Crippen molar-refractivity contribution < 1.29 is 0 Å². The summed E-state index contributed by atoms with van der Waals surface area (Å²) in [6.07, 6.45) is 5.72. The van der Waals surface area contributed by atoms with Crippen LogP contribution in [0.2, 0.25) is 0 Å². The van der Waals surface area contributed by atoms with E-state index in [1.165, 1.54) is 25.0 Å². The normalized spacial score (nSPS) is 21.8. The molecule has 1 aromatic heterocycles. The lowest BCUT2D eigenvalue weighted by molar-refractivity contribution is 0.621. The van der Waals surface area contributed by atoms with E-state index in [4.69, 9.17) is 10.7 Å². The lowest BCUT2D eigenvalue weighted by atomic mass is 10.1. The summed E-state index contributed by atoms with van der Waals surface area (Å²) in [6, 6.07) is 2.29. The second-order valence-corrected chi connectivity index (χ2v) is 6.40. The zero-order valence-electron chi connectivity index (χ0n) is 11.4. The van der Waals surface area contributed by atoms with E-state index in [9.17, 15) is 0 Å². The van der Waals surface area contributed by atoms with Gasteiger partial charge in [-0.2, -0.15) is 11.8 Å². The SMILES string of the molecule is CCC(N)Cc1cc(C)nc(C2CCCCS2)n1. The summed E-state index contributed by atoms with van der Waals surface area (Å²) in [7, 11) is 0. The first-order valence-electron chi connectivity index (χ1n) is 6.90. The molecule has 2 atom stereocenters. The van der Waals surface area contributed by atoms with Crippen molar-refractivity contribution in [1.82, 2.24) is 9.97 Å². The van der Waals surface area contributed by atoms with Crippen molar-refractivity contribution in [1.29, 1.82) is 0 Å². The van der Waals surface area contributed by atoms with E-state index in [0.717, 1.165) is 30.1 Å². The highest BCUT2D eigenvalue weighted by atomic mass is 32.2. The van der Waals surface area contributed by atoms with Crippen LogP contribution in [-0.2, 0) is 6.42 Å². The molecule has 1 aromatic rings. The average molecular weight is 265 g/mol. The van der Waals surface area contributed by atoms with Crippen LogP contribution < -0.4 is 5.73 Å². The quantitative estimate of drug-likeness (QED) is 0.909. The van der Waals surface area contributed by atoms with Crippen LogP contribution in [0.25, 0.3) is 0 Å². The zero-order valence-corrected chi connectivity index (χ0v) is 12.2. The van der Waals surface area contributed by atoms with Crippen molar-refractivity contribution in [2.75, 3.05) is 5.75 Å². The van der Waals surface area contributed by atoms with Crippen LogP contribution in [0.1, 0.15) is 55.1 Å².